The highest BCUT2D eigenvalue weighted by Crippen LogP contribution is 2.40. The summed E-state index contributed by atoms with van der Waals surface area (Å²) in [5.74, 6) is 0. The topological polar surface area (TPSA) is 21.3 Å². The van der Waals surface area contributed by atoms with E-state index in [1.165, 1.54) is 66.3 Å². The van der Waals surface area contributed by atoms with E-state index in [-0.39, 0.29) is 0 Å². The average molecular weight is 805 g/mol. The molecule has 12 rings (SSSR count). The van der Waals surface area contributed by atoms with E-state index >= 15 is 0 Å². The van der Waals surface area contributed by atoms with Crippen molar-refractivity contribution in [2.45, 2.75) is 0 Å². The molecule has 10 aromatic carbocycles. The van der Waals surface area contributed by atoms with Crippen molar-refractivity contribution in [3.63, 3.8) is 0 Å². The van der Waals surface area contributed by atoms with Gasteiger partial charge in [0.2, 0.25) is 0 Å². The molecule has 3 heteroatoms. The Morgan fingerprint density at radius 2 is 0.667 bits per heavy atom. The van der Waals surface area contributed by atoms with E-state index in [4.69, 9.17) is 4.42 Å². The molecule has 0 N–H and O–H groups in total. The molecule has 2 heterocycles. The molecule has 0 amide bonds. The number of para-hydroxylation sites is 2. The summed E-state index contributed by atoms with van der Waals surface area (Å²) in [5.41, 5.74) is 18.1. The minimum atomic E-state index is 0.914. The van der Waals surface area contributed by atoms with E-state index in [0.29, 0.717) is 0 Å². The summed E-state index contributed by atoms with van der Waals surface area (Å²) in [6.45, 7) is 0. The molecule has 0 aliphatic heterocycles. The van der Waals surface area contributed by atoms with Crippen molar-refractivity contribution in [2.75, 3.05) is 4.90 Å². The molecular weight excluding hydrogens is 765 g/mol. The summed E-state index contributed by atoms with van der Waals surface area (Å²) in [4.78, 5) is 2.34. The smallest absolute Gasteiger partial charge is 0.135 e. The van der Waals surface area contributed by atoms with Crippen LogP contribution in [0.3, 0.4) is 0 Å². The monoisotopic (exact) mass is 804 g/mol. The molecule has 0 aliphatic rings. The molecule has 0 aliphatic carbocycles. The van der Waals surface area contributed by atoms with Gasteiger partial charge in [0.15, 0.2) is 0 Å². The maximum atomic E-state index is 6.09. The van der Waals surface area contributed by atoms with Crippen LogP contribution in [0, 0.1) is 0 Å². The van der Waals surface area contributed by atoms with Gasteiger partial charge < -0.3 is 13.9 Å². The number of benzene rings is 10. The summed E-state index contributed by atoms with van der Waals surface area (Å²) >= 11 is 0. The third-order valence-electron chi connectivity index (χ3n) is 12.4. The fourth-order valence-electron chi connectivity index (χ4n) is 9.26. The second-order valence-corrected chi connectivity index (χ2v) is 16.1. The molecule has 3 nitrogen and oxygen atoms in total. The van der Waals surface area contributed by atoms with Gasteiger partial charge in [0.25, 0.3) is 0 Å². The highest BCUT2D eigenvalue weighted by atomic mass is 16.3. The number of furan rings is 1. The van der Waals surface area contributed by atoms with Gasteiger partial charge in [-0.2, -0.15) is 0 Å². The van der Waals surface area contributed by atoms with Crippen molar-refractivity contribution >= 4 is 60.8 Å². The molecule has 0 radical (unpaired) electrons. The number of nitrogens with zero attached hydrogens (tertiary/aromatic N) is 2. The van der Waals surface area contributed by atoms with Crippen molar-refractivity contribution in [1.29, 1.82) is 0 Å². The Kier molecular flexibility index (Phi) is 8.83. The van der Waals surface area contributed by atoms with Crippen LogP contribution in [0.15, 0.2) is 247 Å². The molecule has 0 unspecified atom stereocenters. The van der Waals surface area contributed by atoms with Crippen molar-refractivity contribution in [1.82, 2.24) is 4.57 Å². The van der Waals surface area contributed by atoms with Gasteiger partial charge in [-0.1, -0.05) is 158 Å². The first-order valence-electron chi connectivity index (χ1n) is 21.5. The molecule has 0 atom stereocenters. The molecule has 0 saturated carbocycles. The maximum Gasteiger partial charge on any atom is 0.135 e. The number of anilines is 3. The van der Waals surface area contributed by atoms with Gasteiger partial charge in [-0.05, 0) is 129 Å². The van der Waals surface area contributed by atoms with Crippen molar-refractivity contribution in [3.8, 4) is 50.2 Å². The summed E-state index contributed by atoms with van der Waals surface area (Å²) < 4.78 is 8.48. The van der Waals surface area contributed by atoms with Crippen LogP contribution >= 0.6 is 0 Å². The summed E-state index contributed by atoms with van der Waals surface area (Å²) in [5, 5.41) is 4.75. The molecule has 0 spiro atoms. The van der Waals surface area contributed by atoms with Crippen LogP contribution in [0.2, 0.25) is 0 Å². The third kappa shape index (κ3) is 6.55. The van der Waals surface area contributed by atoms with Crippen LogP contribution in [0.25, 0.3) is 93.9 Å². The highest BCUT2D eigenvalue weighted by Gasteiger charge is 2.17. The molecule has 0 saturated heterocycles. The average Bonchev–Trinajstić information content (AvgIpc) is 3.90. The van der Waals surface area contributed by atoms with Crippen LogP contribution < -0.4 is 4.90 Å². The molecule has 0 bridgehead atoms. The summed E-state index contributed by atoms with van der Waals surface area (Å²) in [6.07, 6.45) is 0. The first-order chi connectivity index (χ1) is 31.2. The van der Waals surface area contributed by atoms with Crippen molar-refractivity contribution in [3.05, 3.63) is 243 Å². The van der Waals surface area contributed by atoms with Gasteiger partial charge >= 0.3 is 0 Å². The SMILES string of the molecule is c1ccc(-c2ccc(N(c3ccc(-c4ccccc4)cc3)c3ccc(-n4c5ccccc5c5cc(-c6ccc(-c7ccc8oc9ccccc9c8c7)cc6)ccc54)cc3)cc2)cc1. The Hall–Kier alpha value is -8.40. The van der Waals surface area contributed by atoms with Gasteiger partial charge in [0, 0.05) is 44.3 Å². The van der Waals surface area contributed by atoms with Crippen molar-refractivity contribution in [2.24, 2.45) is 0 Å². The van der Waals surface area contributed by atoms with E-state index in [0.717, 1.165) is 44.7 Å². The van der Waals surface area contributed by atoms with Gasteiger partial charge in [-0.15, -0.1) is 0 Å². The second kappa shape index (κ2) is 15.3. The Labute approximate surface area is 366 Å². The molecule has 296 valence electrons. The first kappa shape index (κ1) is 36.5. The van der Waals surface area contributed by atoms with E-state index in [9.17, 15) is 0 Å². The predicted octanol–water partition coefficient (Wildman–Crippen LogP) is 16.8. The van der Waals surface area contributed by atoms with E-state index in [1.807, 2.05) is 12.1 Å². The normalized spacial score (nSPS) is 11.5. The predicted molar refractivity (Wildman–Crippen MR) is 264 cm³/mol. The zero-order chi connectivity index (χ0) is 41.7. The van der Waals surface area contributed by atoms with E-state index < -0.39 is 0 Å². The van der Waals surface area contributed by atoms with Gasteiger partial charge in [0.1, 0.15) is 11.2 Å². The standard InChI is InChI=1S/C60H40N2O/c1-3-11-41(12-4-1)43-23-29-49(30-24-43)61(50-31-25-44(26-32-50)42-13-5-2-6-14-42)51-33-35-52(36-34-51)62-57-17-9-7-15-53(57)55-39-47(27-37-58(55)62)45-19-21-46(22-20-45)48-28-38-60-56(40-48)54-16-8-10-18-59(54)63-60/h1-40H. The lowest BCUT2D eigenvalue weighted by atomic mass is 9.98. The molecular formula is C60H40N2O. The van der Waals surface area contributed by atoms with Crippen molar-refractivity contribution < 1.29 is 4.42 Å². The number of rotatable bonds is 8. The fourth-order valence-corrected chi connectivity index (χ4v) is 9.26. The number of aromatic nitrogens is 1. The highest BCUT2D eigenvalue weighted by molar-refractivity contribution is 6.11. The van der Waals surface area contributed by atoms with Gasteiger partial charge in [0.05, 0.1) is 11.0 Å². The number of fused-ring (bicyclic) bond motifs is 6. The van der Waals surface area contributed by atoms with Crippen LogP contribution in [0.1, 0.15) is 0 Å². The fraction of sp³-hybridized carbons (Fsp3) is 0. The minimum absolute atomic E-state index is 0.914. The quantitative estimate of drug-likeness (QED) is 0.153. The Bertz CT molecular complexity index is 3480. The van der Waals surface area contributed by atoms with Gasteiger partial charge in [-0.25, -0.2) is 0 Å². The molecule has 2 aromatic heterocycles. The molecule has 63 heavy (non-hydrogen) atoms. The summed E-state index contributed by atoms with van der Waals surface area (Å²) in [7, 11) is 0. The van der Waals surface area contributed by atoms with E-state index in [1.54, 1.807) is 0 Å². The molecule has 0 fully saturated rings. The van der Waals surface area contributed by atoms with Crippen LogP contribution in [-0.4, -0.2) is 4.57 Å². The lowest BCUT2D eigenvalue weighted by Crippen LogP contribution is -2.10. The maximum absolute atomic E-state index is 6.09. The largest absolute Gasteiger partial charge is 0.456 e. The lowest BCUT2D eigenvalue weighted by molar-refractivity contribution is 0.669. The van der Waals surface area contributed by atoms with E-state index in [2.05, 4.69) is 240 Å². The first-order valence-corrected chi connectivity index (χ1v) is 21.5. The third-order valence-corrected chi connectivity index (χ3v) is 12.4. The van der Waals surface area contributed by atoms with Crippen LogP contribution in [0.4, 0.5) is 17.1 Å². The van der Waals surface area contributed by atoms with Crippen LogP contribution in [0.5, 0.6) is 0 Å². The zero-order valence-electron chi connectivity index (χ0n) is 34.4. The zero-order valence-corrected chi connectivity index (χ0v) is 34.4. The molecule has 12 aromatic rings. The minimum Gasteiger partial charge on any atom is -0.456 e. The summed E-state index contributed by atoms with van der Waals surface area (Å²) in [6, 6.07) is 87.1. The number of hydrogen-bond donors (Lipinski definition) is 0. The Morgan fingerprint density at radius 3 is 1.27 bits per heavy atom. The second-order valence-electron chi connectivity index (χ2n) is 16.1. The Morgan fingerprint density at radius 1 is 0.270 bits per heavy atom. The lowest BCUT2D eigenvalue weighted by Gasteiger charge is -2.26. The number of hydrogen-bond acceptors (Lipinski definition) is 2. The Balaban J connectivity index is 0.889. The van der Waals surface area contributed by atoms with Gasteiger partial charge in [-0.3, -0.25) is 0 Å². The van der Waals surface area contributed by atoms with Crippen LogP contribution in [-0.2, 0) is 0 Å².